The molecule has 2 nitrogen and oxygen atoms in total. The smallest absolute Gasteiger partial charge is 1.00 e. The summed E-state index contributed by atoms with van der Waals surface area (Å²) in [6, 6.07) is 51.4. The number of benzene rings is 5. The van der Waals surface area contributed by atoms with Crippen molar-refractivity contribution in [2.24, 2.45) is 35.5 Å². The number of hydrogen-bond acceptors (Lipinski definition) is 2. The van der Waals surface area contributed by atoms with E-state index in [0.717, 1.165) is 67.5 Å². The summed E-state index contributed by atoms with van der Waals surface area (Å²) >= 11 is 4.24. The Morgan fingerprint density at radius 2 is 0.792 bits per heavy atom. The van der Waals surface area contributed by atoms with Crippen molar-refractivity contribution >= 4 is 43.0 Å². The van der Waals surface area contributed by atoms with Gasteiger partial charge in [0.05, 0.1) is 0 Å². The van der Waals surface area contributed by atoms with E-state index in [1.807, 2.05) is 6.92 Å². The molecular formula is C72H101BrKO2P. The molecule has 0 spiro atoms. The van der Waals surface area contributed by atoms with E-state index in [1.54, 1.807) is 11.1 Å². The largest absolute Gasteiger partial charge is 1.00 e. The van der Waals surface area contributed by atoms with E-state index >= 15 is 0 Å². The second kappa shape index (κ2) is 35.8. The van der Waals surface area contributed by atoms with Crippen LogP contribution in [0.25, 0.3) is 0 Å². The monoisotopic (exact) mass is 1150 g/mol. The number of allylic oxidation sites excluding steroid dienone is 1. The summed E-state index contributed by atoms with van der Waals surface area (Å²) in [4.78, 5) is 10.9. The first kappa shape index (κ1) is 65.8. The first-order valence-corrected chi connectivity index (χ1v) is 35.5. The summed E-state index contributed by atoms with van der Waals surface area (Å²) in [7, 11) is 0. The zero-order chi connectivity index (χ0) is 53.9. The van der Waals surface area contributed by atoms with Crippen molar-refractivity contribution in [1.29, 1.82) is 0 Å². The molecule has 0 aliphatic heterocycles. The van der Waals surface area contributed by atoms with Crippen LogP contribution in [0.4, 0.5) is 0 Å². The molecule has 0 N–H and O–H groups in total. The normalized spacial score (nSPS) is 23.7. The fraction of sp³-hybridized carbons (Fsp3) is 0.542. The van der Waals surface area contributed by atoms with E-state index in [9.17, 15) is 9.90 Å². The van der Waals surface area contributed by atoms with Gasteiger partial charge in [0.15, 0.2) is 0 Å². The maximum Gasteiger partial charge on any atom is 1.00 e. The fourth-order valence-electron chi connectivity index (χ4n) is 13.3. The Bertz CT molecular complexity index is 2100. The van der Waals surface area contributed by atoms with Gasteiger partial charge in [0, 0.05) is 5.92 Å². The Balaban J connectivity index is 0.000000203. The third kappa shape index (κ3) is 20.7. The third-order valence-electron chi connectivity index (χ3n) is 18.6. The summed E-state index contributed by atoms with van der Waals surface area (Å²) in [6.45, 7) is 13.1. The molecule has 0 amide bonds. The number of hydrogen-bond donors (Lipinski definition) is 0. The first-order chi connectivity index (χ1) is 37.1. The van der Waals surface area contributed by atoms with Crippen LogP contribution in [-0.2, 0) is 17.6 Å². The van der Waals surface area contributed by atoms with E-state index in [0.29, 0.717) is 11.8 Å². The summed E-state index contributed by atoms with van der Waals surface area (Å²) in [5, 5.41) is 11.0. The molecule has 0 radical (unpaired) electrons. The second-order valence-corrected chi connectivity index (χ2v) is 33.7. The quantitative estimate of drug-likeness (QED) is 0.0358. The van der Waals surface area contributed by atoms with Crippen LogP contribution in [-0.4, -0.2) is 19.6 Å². The molecule has 4 saturated carbocycles. The molecular weight excluding hydrogens is 1050 g/mol. The number of rotatable bonds is 19. The maximum absolute atomic E-state index is 10.9. The van der Waals surface area contributed by atoms with Crippen molar-refractivity contribution < 1.29 is 61.3 Å². The SMILES string of the molecule is C=CC1CCC(c2ccc(CCC3CCC(CCC)CC3)cc2)CC1.CCCC1CCC(CCc2ccc(C3CCC(C=O)CC3)cc2)CC1.CCCC[O-].CP(Br)(c1ccccc1)(c1ccccc1)c1ccccc1.[K+]. The Hall–Kier alpha value is -1.98. The number of halogens is 1. The second-order valence-electron chi connectivity index (χ2n) is 24.0. The Morgan fingerprint density at radius 1 is 0.468 bits per heavy atom. The van der Waals surface area contributed by atoms with Crippen LogP contribution in [0.5, 0.6) is 0 Å². The van der Waals surface area contributed by atoms with Crippen LogP contribution in [0.2, 0.25) is 0 Å². The average Bonchev–Trinajstić information content (AvgIpc) is 3.53. The number of aryl methyl sites for hydroxylation is 2. The van der Waals surface area contributed by atoms with Crippen molar-refractivity contribution in [2.75, 3.05) is 13.3 Å². The number of carbonyl (C=O) groups excluding carboxylic acids is 1. The molecule has 0 atom stereocenters. The predicted molar refractivity (Wildman–Crippen MR) is 336 cm³/mol. The molecule has 4 aliphatic rings. The van der Waals surface area contributed by atoms with Crippen molar-refractivity contribution in [2.45, 2.75) is 200 Å². The predicted octanol–water partition coefficient (Wildman–Crippen LogP) is 16.0. The van der Waals surface area contributed by atoms with E-state index in [2.05, 4.69) is 188 Å². The standard InChI is InChI=1S/C25H38.C24H36O.C19H18BrP.C4H9O.K/c1-3-5-21-6-8-22(9-7-21)10-11-23-14-18-25(19-15-23)24-16-12-20(4-2)13-17-24;1-2-3-19-4-6-20(7-5-19)8-9-21-10-14-23(15-11-21)24-16-12-22(18-25)13-17-24;1-21(20,17-11-5-2-6-12-17,18-13-7-3-8-14-18)19-15-9-4-10-16-19;1-2-3-4-5;/h4,14-15,18-22,24H,2-3,5-13,16-17H2,1H3;10-11,14-15,18-20,22,24H,2-9,12-13,16-17H2,1H3;2-16H,1H3;2-4H2,1H3;/q;;;-1;+1. The third-order valence-corrected chi connectivity index (χ3v) is 26.9. The molecule has 9 rings (SSSR count). The molecule has 0 unspecified atom stereocenters. The topological polar surface area (TPSA) is 40.1 Å². The number of aldehydes is 1. The number of unbranched alkanes of at least 4 members (excludes halogenated alkanes) is 1. The zero-order valence-electron chi connectivity index (χ0n) is 49.0. The van der Waals surface area contributed by atoms with E-state index in [4.69, 9.17) is 0 Å². The maximum atomic E-state index is 10.9. The molecule has 5 aromatic rings. The molecule has 4 fully saturated rings. The van der Waals surface area contributed by atoms with Crippen LogP contribution in [0, 0.1) is 35.5 Å². The van der Waals surface area contributed by atoms with Gasteiger partial charge >= 0.3 is 186 Å². The van der Waals surface area contributed by atoms with Crippen molar-refractivity contribution in [1.82, 2.24) is 0 Å². The first-order valence-electron chi connectivity index (χ1n) is 30.8. The summed E-state index contributed by atoms with van der Waals surface area (Å²) in [6.07, 6.45) is 37.8. The fourth-order valence-corrected chi connectivity index (χ4v) is 19.0. The van der Waals surface area contributed by atoms with Crippen LogP contribution in [0.1, 0.15) is 209 Å². The van der Waals surface area contributed by atoms with Gasteiger partial charge in [-0.15, -0.1) is 13.2 Å². The van der Waals surface area contributed by atoms with Gasteiger partial charge in [0.25, 0.3) is 0 Å². The van der Waals surface area contributed by atoms with Crippen LogP contribution in [0.3, 0.4) is 0 Å². The van der Waals surface area contributed by atoms with Gasteiger partial charge < -0.3 is 9.90 Å². The van der Waals surface area contributed by atoms with E-state index in [1.165, 1.54) is 168 Å². The van der Waals surface area contributed by atoms with Gasteiger partial charge in [0.2, 0.25) is 0 Å². The molecule has 4 aliphatic carbocycles. The number of carbonyl (C=O) groups is 1. The van der Waals surface area contributed by atoms with Crippen molar-refractivity contribution in [3.8, 4) is 0 Å². The molecule has 5 heteroatoms. The Kier molecular flexibility index (Phi) is 30.6. The zero-order valence-corrected chi connectivity index (χ0v) is 54.6. The van der Waals surface area contributed by atoms with Crippen molar-refractivity contribution in [3.05, 3.63) is 174 Å². The summed E-state index contributed by atoms with van der Waals surface area (Å²) < 4.78 is 0. The van der Waals surface area contributed by atoms with E-state index < -0.39 is 5.31 Å². The van der Waals surface area contributed by atoms with Gasteiger partial charge in [-0.1, -0.05) is 165 Å². The van der Waals surface area contributed by atoms with Gasteiger partial charge in [-0.2, -0.15) is 0 Å². The molecule has 414 valence electrons. The molecule has 77 heavy (non-hydrogen) atoms. The minimum absolute atomic E-state index is 0. The van der Waals surface area contributed by atoms with Gasteiger partial charge in [-0.25, -0.2) is 0 Å². The van der Waals surface area contributed by atoms with E-state index in [-0.39, 0.29) is 58.0 Å². The van der Waals surface area contributed by atoms with Crippen molar-refractivity contribution in [3.63, 3.8) is 0 Å². The summed E-state index contributed by atoms with van der Waals surface area (Å²) in [5.74, 6) is 6.57. The van der Waals surface area contributed by atoms with Gasteiger partial charge in [0.1, 0.15) is 6.29 Å². The van der Waals surface area contributed by atoms with Gasteiger partial charge in [-0.05, 0) is 141 Å². The van der Waals surface area contributed by atoms with Crippen LogP contribution in [0.15, 0.2) is 152 Å². The minimum atomic E-state index is -2.56. The molecule has 0 bridgehead atoms. The molecule has 0 saturated heterocycles. The van der Waals surface area contributed by atoms with Crippen LogP contribution < -0.4 is 72.4 Å². The minimum Gasteiger partial charge on any atom is 1.00 e. The van der Waals surface area contributed by atoms with Crippen LogP contribution >= 0.6 is 20.8 Å². The molecule has 0 aromatic heterocycles. The average molecular weight is 1150 g/mol. The molecule has 5 aromatic carbocycles. The molecule has 0 heterocycles. The Labute approximate surface area is 521 Å². The summed E-state index contributed by atoms with van der Waals surface area (Å²) in [5.41, 5.74) is 6.14. The van der Waals surface area contributed by atoms with Gasteiger partial charge in [-0.3, -0.25) is 0 Å². The Morgan fingerprint density at radius 3 is 1.06 bits per heavy atom.